The van der Waals surface area contributed by atoms with E-state index < -0.39 is 6.10 Å². The van der Waals surface area contributed by atoms with E-state index in [1.54, 1.807) is 0 Å². The summed E-state index contributed by atoms with van der Waals surface area (Å²) < 4.78 is 0. The predicted octanol–water partition coefficient (Wildman–Crippen LogP) is 1.50. The number of nitrogens with one attached hydrogen (secondary N) is 1. The molecule has 0 aromatic rings. The van der Waals surface area contributed by atoms with Gasteiger partial charge in [-0.05, 0) is 32.6 Å². The summed E-state index contributed by atoms with van der Waals surface area (Å²) in [6.07, 6.45) is 0.589. The number of hydrogen-bond donors (Lipinski definition) is 3. The van der Waals surface area contributed by atoms with E-state index in [0.29, 0.717) is 6.54 Å². The first kappa shape index (κ1) is 14.9. The smallest absolute Gasteiger partial charge is 0.0812 e. The zero-order valence-electron chi connectivity index (χ0n) is 11.1. The Bertz CT molecular complexity index is 185. The average Bonchev–Trinajstić information content (AvgIpc) is 1.96. The van der Waals surface area contributed by atoms with Crippen LogP contribution in [0.25, 0.3) is 0 Å². The molecule has 2 unspecified atom stereocenters. The fraction of sp³-hybridized carbons (Fsp3) is 1.00. The minimum atomic E-state index is -0.468. The maximum Gasteiger partial charge on any atom is 0.0812 e. The second kappa shape index (κ2) is 5.28. The number of nitrogens with two attached hydrogens (primary N) is 1. The van der Waals surface area contributed by atoms with Crippen LogP contribution in [0.5, 0.6) is 0 Å². The first-order valence-electron chi connectivity index (χ1n) is 5.73. The third-order valence-electron chi connectivity index (χ3n) is 2.41. The molecule has 0 heterocycles. The van der Waals surface area contributed by atoms with Crippen molar-refractivity contribution < 1.29 is 5.11 Å². The Balaban J connectivity index is 4.25. The van der Waals surface area contributed by atoms with E-state index in [1.165, 1.54) is 0 Å². The summed E-state index contributed by atoms with van der Waals surface area (Å²) in [5.41, 5.74) is 5.73. The SMILES string of the molecule is CC(NC(C)(C)CC(C)(C)C)C(O)CN. The zero-order valence-corrected chi connectivity index (χ0v) is 11.1. The van der Waals surface area contributed by atoms with E-state index >= 15 is 0 Å². The molecule has 4 N–H and O–H groups in total. The highest BCUT2D eigenvalue weighted by atomic mass is 16.3. The number of rotatable bonds is 5. The molecule has 0 aliphatic heterocycles. The lowest BCUT2D eigenvalue weighted by atomic mass is 9.81. The molecule has 0 amide bonds. The van der Waals surface area contributed by atoms with E-state index in [0.717, 1.165) is 6.42 Å². The Hall–Kier alpha value is -0.120. The fourth-order valence-electron chi connectivity index (χ4n) is 2.29. The molecule has 0 aliphatic rings. The van der Waals surface area contributed by atoms with E-state index in [9.17, 15) is 5.11 Å². The van der Waals surface area contributed by atoms with Crippen molar-refractivity contribution in [1.82, 2.24) is 5.32 Å². The van der Waals surface area contributed by atoms with Crippen LogP contribution in [0.4, 0.5) is 0 Å². The van der Waals surface area contributed by atoms with E-state index in [2.05, 4.69) is 39.9 Å². The lowest BCUT2D eigenvalue weighted by Gasteiger charge is -2.37. The first-order valence-corrected chi connectivity index (χ1v) is 5.73. The molecule has 0 spiro atoms. The van der Waals surface area contributed by atoms with Crippen LogP contribution < -0.4 is 11.1 Å². The number of hydrogen-bond acceptors (Lipinski definition) is 3. The number of aliphatic hydroxyl groups is 1. The molecule has 0 fully saturated rings. The topological polar surface area (TPSA) is 58.3 Å². The van der Waals surface area contributed by atoms with Crippen LogP contribution in [0.2, 0.25) is 0 Å². The maximum absolute atomic E-state index is 9.60. The van der Waals surface area contributed by atoms with Gasteiger partial charge in [-0.3, -0.25) is 0 Å². The molecule has 92 valence electrons. The molecule has 3 heteroatoms. The second-order valence-electron chi connectivity index (χ2n) is 6.36. The summed E-state index contributed by atoms with van der Waals surface area (Å²) in [4.78, 5) is 0. The van der Waals surface area contributed by atoms with Crippen molar-refractivity contribution >= 4 is 0 Å². The van der Waals surface area contributed by atoms with Crippen molar-refractivity contribution in [1.29, 1.82) is 0 Å². The maximum atomic E-state index is 9.60. The van der Waals surface area contributed by atoms with Crippen molar-refractivity contribution in [3.8, 4) is 0 Å². The van der Waals surface area contributed by atoms with Crippen molar-refractivity contribution in [2.24, 2.45) is 11.1 Å². The van der Waals surface area contributed by atoms with Gasteiger partial charge in [0, 0.05) is 18.1 Å². The summed E-state index contributed by atoms with van der Waals surface area (Å²) >= 11 is 0. The fourth-order valence-corrected chi connectivity index (χ4v) is 2.29. The zero-order chi connectivity index (χ0) is 12.3. The second-order valence-corrected chi connectivity index (χ2v) is 6.36. The summed E-state index contributed by atoms with van der Waals surface area (Å²) in [5, 5.41) is 13.0. The highest BCUT2D eigenvalue weighted by Gasteiger charge is 2.28. The van der Waals surface area contributed by atoms with Crippen LogP contribution in [-0.2, 0) is 0 Å². The Morgan fingerprint density at radius 1 is 1.20 bits per heavy atom. The van der Waals surface area contributed by atoms with Crippen LogP contribution in [0.1, 0.15) is 48.0 Å². The molecule has 0 bridgehead atoms. The van der Waals surface area contributed by atoms with Gasteiger partial charge in [0.1, 0.15) is 0 Å². The molecule has 2 atom stereocenters. The summed E-state index contributed by atoms with van der Waals surface area (Å²) in [5.74, 6) is 0. The van der Waals surface area contributed by atoms with Crippen LogP contribution in [0, 0.1) is 5.41 Å². The molecule has 0 saturated carbocycles. The lowest BCUT2D eigenvalue weighted by molar-refractivity contribution is 0.113. The Morgan fingerprint density at radius 3 is 2.00 bits per heavy atom. The molecule has 0 aromatic carbocycles. The highest BCUT2D eigenvalue weighted by Crippen LogP contribution is 2.27. The minimum absolute atomic E-state index is 0.0216. The lowest BCUT2D eigenvalue weighted by Crippen LogP contribution is -2.52. The highest BCUT2D eigenvalue weighted by molar-refractivity contribution is 4.87. The monoisotopic (exact) mass is 216 g/mol. The van der Waals surface area contributed by atoms with Crippen LogP contribution in [-0.4, -0.2) is 29.3 Å². The summed E-state index contributed by atoms with van der Waals surface area (Å²) in [6.45, 7) is 13.3. The van der Waals surface area contributed by atoms with Gasteiger partial charge in [-0.15, -0.1) is 0 Å². The quantitative estimate of drug-likeness (QED) is 0.653. The Morgan fingerprint density at radius 2 is 1.67 bits per heavy atom. The Kier molecular flexibility index (Phi) is 5.24. The van der Waals surface area contributed by atoms with Gasteiger partial charge in [0.15, 0.2) is 0 Å². The molecule has 0 radical (unpaired) electrons. The molecular weight excluding hydrogens is 188 g/mol. The van der Waals surface area contributed by atoms with Crippen molar-refractivity contribution in [3.63, 3.8) is 0 Å². The van der Waals surface area contributed by atoms with Gasteiger partial charge in [-0.1, -0.05) is 20.8 Å². The van der Waals surface area contributed by atoms with Crippen molar-refractivity contribution in [2.45, 2.75) is 65.6 Å². The molecule has 0 aromatic heterocycles. The Labute approximate surface area is 94.4 Å². The van der Waals surface area contributed by atoms with Crippen LogP contribution >= 0.6 is 0 Å². The predicted molar refractivity (Wildman–Crippen MR) is 65.8 cm³/mol. The third-order valence-corrected chi connectivity index (χ3v) is 2.41. The largest absolute Gasteiger partial charge is 0.390 e. The molecule has 0 saturated heterocycles. The van der Waals surface area contributed by atoms with Gasteiger partial charge in [0.25, 0.3) is 0 Å². The van der Waals surface area contributed by atoms with Gasteiger partial charge in [0.2, 0.25) is 0 Å². The van der Waals surface area contributed by atoms with Gasteiger partial charge < -0.3 is 16.2 Å². The van der Waals surface area contributed by atoms with Gasteiger partial charge in [-0.25, -0.2) is 0 Å². The normalized spacial score (nSPS) is 17.6. The third kappa shape index (κ3) is 6.88. The minimum Gasteiger partial charge on any atom is -0.390 e. The van der Waals surface area contributed by atoms with Gasteiger partial charge in [0.05, 0.1) is 6.10 Å². The van der Waals surface area contributed by atoms with E-state index in [-0.39, 0.29) is 17.0 Å². The van der Waals surface area contributed by atoms with Crippen molar-refractivity contribution in [2.75, 3.05) is 6.54 Å². The molecule has 0 aliphatic carbocycles. The molecule has 0 rings (SSSR count). The van der Waals surface area contributed by atoms with Crippen LogP contribution in [0.15, 0.2) is 0 Å². The summed E-state index contributed by atoms with van der Waals surface area (Å²) in [6, 6.07) is 0.0346. The van der Waals surface area contributed by atoms with Gasteiger partial charge >= 0.3 is 0 Å². The average molecular weight is 216 g/mol. The van der Waals surface area contributed by atoms with E-state index in [4.69, 9.17) is 5.73 Å². The van der Waals surface area contributed by atoms with E-state index in [1.807, 2.05) is 6.92 Å². The molecule has 3 nitrogen and oxygen atoms in total. The molecular formula is C12H28N2O. The first-order chi connectivity index (χ1) is 6.57. The summed E-state index contributed by atoms with van der Waals surface area (Å²) in [7, 11) is 0. The number of aliphatic hydroxyl groups excluding tert-OH is 1. The standard InChI is InChI=1S/C12H28N2O/c1-9(10(15)7-13)14-12(5,6)8-11(2,3)4/h9-10,14-15H,7-8,13H2,1-6H3. The van der Waals surface area contributed by atoms with Crippen molar-refractivity contribution in [3.05, 3.63) is 0 Å². The van der Waals surface area contributed by atoms with Crippen LogP contribution in [0.3, 0.4) is 0 Å². The molecule has 15 heavy (non-hydrogen) atoms. The van der Waals surface area contributed by atoms with Gasteiger partial charge in [-0.2, -0.15) is 0 Å².